The van der Waals surface area contributed by atoms with E-state index in [-0.39, 0.29) is 0 Å². The van der Waals surface area contributed by atoms with E-state index in [1.54, 1.807) is 11.3 Å². The molecule has 1 aromatic heterocycles. The molecule has 0 saturated heterocycles. The second-order valence-electron chi connectivity index (χ2n) is 2.82. The van der Waals surface area contributed by atoms with Gasteiger partial charge in [0.05, 0.1) is 5.69 Å². The predicted molar refractivity (Wildman–Crippen MR) is 61.2 cm³/mol. The topological polar surface area (TPSA) is 16.1 Å². The number of likely N-dealkylation sites (N-methyl/N-ethyl adjacent to an activating group) is 1. The summed E-state index contributed by atoms with van der Waals surface area (Å²) in [5, 5.41) is 0. The minimum absolute atomic E-state index is 1.03. The Labute approximate surface area is 92.1 Å². The molecule has 1 aliphatic rings. The maximum atomic E-state index is 4.39. The van der Waals surface area contributed by atoms with Gasteiger partial charge in [0.1, 0.15) is 0 Å². The Morgan fingerprint density at radius 2 is 2.15 bits per heavy atom. The summed E-state index contributed by atoms with van der Waals surface area (Å²) in [5.74, 6) is 0. The number of hydrogen-bond acceptors (Lipinski definition) is 3. The predicted octanol–water partition coefficient (Wildman–Crippen LogP) is 2.92. The van der Waals surface area contributed by atoms with Gasteiger partial charge in [0, 0.05) is 24.4 Å². The fourth-order valence-corrected chi connectivity index (χ4v) is 3.00. The molecule has 0 aliphatic carbocycles. The van der Waals surface area contributed by atoms with E-state index >= 15 is 0 Å². The average Bonchev–Trinajstić information content (AvgIpc) is 2.48. The van der Waals surface area contributed by atoms with E-state index in [1.165, 1.54) is 10.6 Å². The van der Waals surface area contributed by atoms with Crippen molar-refractivity contribution in [3.63, 3.8) is 0 Å². The number of rotatable bonds is 0. The first-order valence-corrected chi connectivity index (χ1v) is 6.19. The third-order valence-corrected chi connectivity index (χ3v) is 3.43. The second-order valence-corrected chi connectivity index (χ2v) is 5.18. The Morgan fingerprint density at radius 1 is 1.46 bits per heavy atom. The fourth-order valence-electron chi connectivity index (χ4n) is 1.29. The van der Waals surface area contributed by atoms with Gasteiger partial charge >= 0.3 is 0 Å². The summed E-state index contributed by atoms with van der Waals surface area (Å²) in [6.07, 6.45) is 1.11. The lowest BCUT2D eigenvalue weighted by atomic mass is 10.2. The van der Waals surface area contributed by atoms with E-state index in [0.29, 0.717) is 0 Å². The van der Waals surface area contributed by atoms with E-state index < -0.39 is 0 Å². The molecule has 13 heavy (non-hydrogen) atoms. The van der Waals surface area contributed by atoms with Crippen LogP contribution in [0.4, 0.5) is 0 Å². The molecule has 0 saturated carbocycles. The Balaban J connectivity index is 0.000000396. The van der Waals surface area contributed by atoms with Gasteiger partial charge in [-0.05, 0) is 23.0 Å². The van der Waals surface area contributed by atoms with Crippen molar-refractivity contribution in [2.24, 2.45) is 0 Å². The molecule has 0 atom stereocenters. The molecule has 0 bridgehead atoms. The van der Waals surface area contributed by atoms with Crippen LogP contribution in [0, 0.1) is 0 Å². The lowest BCUT2D eigenvalue weighted by molar-refractivity contribution is 0.314. The van der Waals surface area contributed by atoms with Crippen molar-refractivity contribution >= 4 is 27.3 Å². The molecule has 2 nitrogen and oxygen atoms in total. The van der Waals surface area contributed by atoms with Crippen molar-refractivity contribution in [2.45, 2.75) is 26.8 Å². The maximum Gasteiger partial charge on any atom is 0.159 e. The molecule has 0 aromatic carbocycles. The van der Waals surface area contributed by atoms with Crippen LogP contribution in [-0.2, 0) is 13.0 Å². The average molecular weight is 263 g/mol. The lowest BCUT2D eigenvalue weighted by Crippen LogP contribution is -2.25. The number of nitrogens with zero attached hydrogens (tertiary/aromatic N) is 2. The highest BCUT2D eigenvalue weighted by atomic mass is 79.9. The third-order valence-electron chi connectivity index (χ3n) is 1.90. The summed E-state index contributed by atoms with van der Waals surface area (Å²) in [5.41, 5.74) is 1.29. The highest BCUT2D eigenvalue weighted by Gasteiger charge is 2.16. The zero-order valence-corrected chi connectivity index (χ0v) is 10.7. The van der Waals surface area contributed by atoms with Crippen LogP contribution in [0.15, 0.2) is 3.92 Å². The summed E-state index contributed by atoms with van der Waals surface area (Å²) in [6, 6.07) is 0. The first-order chi connectivity index (χ1) is 6.25. The Kier molecular flexibility index (Phi) is 4.35. The van der Waals surface area contributed by atoms with Crippen molar-refractivity contribution < 1.29 is 0 Å². The minimum atomic E-state index is 1.03. The van der Waals surface area contributed by atoms with E-state index in [1.807, 2.05) is 13.8 Å². The molecule has 0 N–H and O–H groups in total. The molecule has 0 amide bonds. The highest BCUT2D eigenvalue weighted by Crippen LogP contribution is 2.27. The zero-order valence-electron chi connectivity index (χ0n) is 8.30. The first-order valence-electron chi connectivity index (χ1n) is 4.58. The van der Waals surface area contributed by atoms with Crippen LogP contribution in [0.2, 0.25) is 0 Å². The summed E-state index contributed by atoms with van der Waals surface area (Å²) < 4.78 is 1.03. The monoisotopic (exact) mass is 262 g/mol. The summed E-state index contributed by atoms with van der Waals surface area (Å²) in [6.45, 7) is 6.21. The van der Waals surface area contributed by atoms with Gasteiger partial charge in [-0.25, -0.2) is 4.98 Å². The Hall–Kier alpha value is 0.0700. The van der Waals surface area contributed by atoms with E-state index in [4.69, 9.17) is 0 Å². The first kappa shape index (κ1) is 11.1. The quantitative estimate of drug-likeness (QED) is 0.715. The van der Waals surface area contributed by atoms with Crippen LogP contribution in [0.3, 0.4) is 0 Å². The summed E-state index contributed by atoms with van der Waals surface area (Å²) >= 11 is 5.16. The number of thiazole rings is 1. The van der Waals surface area contributed by atoms with Gasteiger partial charge in [0.15, 0.2) is 3.92 Å². The van der Waals surface area contributed by atoms with Crippen LogP contribution in [0.5, 0.6) is 0 Å². The van der Waals surface area contributed by atoms with E-state index in [0.717, 1.165) is 23.4 Å². The Morgan fingerprint density at radius 3 is 2.85 bits per heavy atom. The summed E-state index contributed by atoms with van der Waals surface area (Å²) in [7, 11) is 2.15. The van der Waals surface area contributed by atoms with Crippen LogP contribution < -0.4 is 0 Å². The number of halogens is 1. The molecule has 1 aliphatic heterocycles. The normalized spacial score (nSPS) is 16.0. The molecule has 4 heteroatoms. The van der Waals surface area contributed by atoms with Crippen LogP contribution in [0.1, 0.15) is 24.4 Å². The molecule has 2 heterocycles. The number of fused-ring (bicyclic) bond motifs is 1. The van der Waals surface area contributed by atoms with Gasteiger partial charge in [0.25, 0.3) is 0 Å². The molecule has 1 aromatic rings. The van der Waals surface area contributed by atoms with E-state index in [2.05, 4.69) is 32.9 Å². The molecule has 0 radical (unpaired) electrons. The number of hydrogen-bond donors (Lipinski definition) is 0. The third kappa shape index (κ3) is 2.76. The van der Waals surface area contributed by atoms with Crippen molar-refractivity contribution in [3.8, 4) is 0 Å². The van der Waals surface area contributed by atoms with Crippen LogP contribution in [0.25, 0.3) is 0 Å². The lowest BCUT2D eigenvalue weighted by Gasteiger charge is -2.20. The minimum Gasteiger partial charge on any atom is -0.301 e. The van der Waals surface area contributed by atoms with Crippen molar-refractivity contribution in [2.75, 3.05) is 13.6 Å². The molecular formula is C9H15BrN2S. The summed E-state index contributed by atoms with van der Waals surface area (Å²) in [4.78, 5) is 8.14. The molecule has 0 spiro atoms. The van der Waals surface area contributed by atoms with Crippen LogP contribution in [-0.4, -0.2) is 23.5 Å². The van der Waals surface area contributed by atoms with Gasteiger partial charge in [-0.15, -0.1) is 11.3 Å². The van der Waals surface area contributed by atoms with Gasteiger partial charge in [0.2, 0.25) is 0 Å². The molecule has 2 rings (SSSR count). The largest absolute Gasteiger partial charge is 0.301 e. The van der Waals surface area contributed by atoms with Crippen LogP contribution >= 0.6 is 27.3 Å². The van der Waals surface area contributed by atoms with Crippen molar-refractivity contribution in [1.82, 2.24) is 9.88 Å². The second kappa shape index (κ2) is 5.08. The SMILES string of the molecule is CC.CN1CCc2nc(Br)sc2C1. The van der Waals surface area contributed by atoms with Gasteiger partial charge in [-0.1, -0.05) is 13.8 Å². The van der Waals surface area contributed by atoms with Gasteiger partial charge in [-0.3, -0.25) is 0 Å². The molecular weight excluding hydrogens is 248 g/mol. The van der Waals surface area contributed by atoms with Crippen molar-refractivity contribution in [3.05, 3.63) is 14.5 Å². The molecule has 0 unspecified atom stereocenters. The number of aromatic nitrogens is 1. The maximum absolute atomic E-state index is 4.39. The molecule has 0 fully saturated rings. The van der Waals surface area contributed by atoms with Gasteiger partial charge in [-0.2, -0.15) is 0 Å². The zero-order chi connectivity index (χ0) is 9.84. The Bertz CT molecular complexity index is 273. The van der Waals surface area contributed by atoms with Crippen molar-refractivity contribution in [1.29, 1.82) is 0 Å². The standard InChI is InChI=1S/C7H9BrN2S.C2H6/c1-10-3-2-5-6(4-10)11-7(8)9-5;1-2/h2-4H2,1H3;1-2H3. The van der Waals surface area contributed by atoms with E-state index in [9.17, 15) is 0 Å². The fraction of sp³-hybridized carbons (Fsp3) is 0.667. The highest BCUT2D eigenvalue weighted by molar-refractivity contribution is 9.11. The molecule has 74 valence electrons. The van der Waals surface area contributed by atoms with Gasteiger partial charge < -0.3 is 4.90 Å². The smallest absolute Gasteiger partial charge is 0.159 e.